The van der Waals surface area contributed by atoms with E-state index >= 15 is 0 Å². The zero-order chi connectivity index (χ0) is 41.9. The van der Waals surface area contributed by atoms with Gasteiger partial charge in [-0.15, -0.1) is 13.2 Å². The highest BCUT2D eigenvalue weighted by atomic mass is 14.8. The Morgan fingerprint density at radius 1 is 0.914 bits per heavy atom. The van der Waals surface area contributed by atoms with Crippen LogP contribution in [0.5, 0.6) is 0 Å². The van der Waals surface area contributed by atoms with Crippen LogP contribution in [0.25, 0.3) is 16.7 Å². The Morgan fingerprint density at radius 2 is 1.60 bits per heavy atom. The molecule has 0 spiro atoms. The summed E-state index contributed by atoms with van der Waals surface area (Å²) in [6.07, 6.45) is 25.9. The number of allylic oxidation sites excluding steroid dienone is 21. The lowest BCUT2D eigenvalue weighted by Crippen LogP contribution is -2.13. The van der Waals surface area contributed by atoms with Gasteiger partial charge in [-0.3, -0.25) is 0 Å². The molecule has 2 aliphatic carbocycles. The zero-order valence-corrected chi connectivity index (χ0v) is 36.0. The summed E-state index contributed by atoms with van der Waals surface area (Å²) in [6.45, 7) is 27.9. The minimum absolute atomic E-state index is 0.380. The summed E-state index contributed by atoms with van der Waals surface area (Å²) in [4.78, 5) is 0. The lowest BCUT2D eigenvalue weighted by molar-refractivity contribution is 0.763. The van der Waals surface area contributed by atoms with Crippen molar-refractivity contribution < 1.29 is 0 Å². The molecule has 0 fully saturated rings. The smallest absolute Gasteiger partial charge is 0.0390 e. The molecule has 2 unspecified atom stereocenters. The predicted molar refractivity (Wildman–Crippen MR) is 255 cm³/mol. The second-order valence-electron chi connectivity index (χ2n) is 15.3. The SMILES string of the molecule is C=C.C=CC(=C(N)\C=C/C)/C1=C(C)/C(/C=C(\C)c2ccc(C3=CCC4C(C)=C3/C=C\C(C)c3ccccc34)cc2)=C(/CC)N\C=C\C=C(C)/C(c2ccccc2C)=C\1. The predicted octanol–water partition coefficient (Wildman–Crippen LogP) is 14.9. The van der Waals surface area contributed by atoms with Gasteiger partial charge >= 0.3 is 0 Å². The standard InChI is InChI=1S/C54H58N2.C2H4/c1-10-18-53(55)43(11-2)51-34-50(45-22-14-13-19-35(45)4)36(5)20-17-32-56-54(12-3)52(40(51)9)33-38(7)41-25-27-42(28-26-41)48-31-30-47-39(8)46(48)29-24-37(6)44-21-15-16-23-49(44)47;1-2/h10-11,13-29,31-34,37,47,56H,2,12,30,55H2,1,3-9H3;1-2H2/b18-10-,29-24-,32-17+,36-20-,38-33+,50-34+,51-40+,53-43-,54-52-;. The Bertz CT molecular complexity index is 2380. The van der Waals surface area contributed by atoms with Crippen molar-refractivity contribution in [3.63, 3.8) is 0 Å². The van der Waals surface area contributed by atoms with Crippen molar-refractivity contribution in [2.45, 2.75) is 80.1 Å². The van der Waals surface area contributed by atoms with Crippen molar-refractivity contribution in [3.8, 4) is 0 Å². The number of nitrogens with one attached hydrogen (secondary N) is 1. The first-order chi connectivity index (χ1) is 28.1. The van der Waals surface area contributed by atoms with Crippen LogP contribution in [0.15, 0.2) is 210 Å². The van der Waals surface area contributed by atoms with Crippen molar-refractivity contribution in [1.29, 1.82) is 0 Å². The van der Waals surface area contributed by atoms with Gasteiger partial charge in [0, 0.05) is 29.1 Å². The van der Waals surface area contributed by atoms with Gasteiger partial charge in [0.25, 0.3) is 0 Å². The van der Waals surface area contributed by atoms with Crippen LogP contribution in [0, 0.1) is 6.92 Å². The summed E-state index contributed by atoms with van der Waals surface area (Å²) in [5.74, 6) is 0.798. The number of fused-ring (bicyclic) bond motifs is 3. The Balaban J connectivity index is 0.00000315. The summed E-state index contributed by atoms with van der Waals surface area (Å²) in [5, 5.41) is 3.66. The molecule has 58 heavy (non-hydrogen) atoms. The first kappa shape index (κ1) is 43.0. The Kier molecular flexibility index (Phi) is 14.7. The largest absolute Gasteiger partial charge is 0.398 e. The van der Waals surface area contributed by atoms with E-state index in [4.69, 9.17) is 5.73 Å². The summed E-state index contributed by atoms with van der Waals surface area (Å²) < 4.78 is 0. The van der Waals surface area contributed by atoms with E-state index in [9.17, 15) is 0 Å². The maximum atomic E-state index is 6.81. The number of aryl methyl sites for hydroxylation is 1. The van der Waals surface area contributed by atoms with Gasteiger partial charge in [0.15, 0.2) is 0 Å². The van der Waals surface area contributed by atoms with Gasteiger partial charge in [0.05, 0.1) is 0 Å². The summed E-state index contributed by atoms with van der Waals surface area (Å²) in [6, 6.07) is 26.7. The van der Waals surface area contributed by atoms with E-state index in [1.807, 2.05) is 25.2 Å². The Labute approximate surface area is 349 Å². The molecular formula is C56H62N2. The molecule has 0 saturated carbocycles. The molecule has 0 saturated heterocycles. The maximum absolute atomic E-state index is 6.81. The molecule has 2 nitrogen and oxygen atoms in total. The highest BCUT2D eigenvalue weighted by molar-refractivity contribution is 5.86. The number of hydrogen-bond donors (Lipinski definition) is 2. The molecule has 1 aliphatic heterocycles. The van der Waals surface area contributed by atoms with Gasteiger partial charge in [-0.1, -0.05) is 135 Å². The van der Waals surface area contributed by atoms with E-state index in [0.29, 0.717) is 17.5 Å². The lowest BCUT2D eigenvalue weighted by atomic mass is 9.73. The van der Waals surface area contributed by atoms with Gasteiger partial charge in [-0.25, -0.2) is 0 Å². The molecule has 3 aliphatic rings. The second kappa shape index (κ2) is 19.8. The molecule has 2 atom stereocenters. The van der Waals surface area contributed by atoms with Gasteiger partial charge in [-0.2, -0.15) is 0 Å². The summed E-state index contributed by atoms with van der Waals surface area (Å²) >= 11 is 0. The summed E-state index contributed by atoms with van der Waals surface area (Å²) in [7, 11) is 0. The first-order valence-electron chi connectivity index (χ1n) is 20.6. The molecule has 2 bridgehead atoms. The average Bonchev–Trinajstić information content (AvgIpc) is 3.26. The van der Waals surface area contributed by atoms with Gasteiger partial charge in [-0.05, 0) is 163 Å². The number of nitrogens with two attached hydrogens (primary N) is 1. The molecule has 6 rings (SSSR count). The fourth-order valence-corrected chi connectivity index (χ4v) is 8.41. The fraction of sp³-hybridized carbons (Fsp3) is 0.214. The monoisotopic (exact) mass is 762 g/mol. The molecular weight excluding hydrogens is 701 g/mol. The molecule has 0 radical (unpaired) electrons. The first-order valence-corrected chi connectivity index (χ1v) is 20.6. The van der Waals surface area contributed by atoms with Crippen molar-refractivity contribution in [3.05, 3.63) is 243 Å². The minimum Gasteiger partial charge on any atom is -0.398 e. The quantitative estimate of drug-likeness (QED) is 0.177. The van der Waals surface area contributed by atoms with Gasteiger partial charge in [0.1, 0.15) is 0 Å². The van der Waals surface area contributed by atoms with Crippen LogP contribution in [0.1, 0.15) is 107 Å². The molecule has 3 N–H and O–H groups in total. The van der Waals surface area contributed by atoms with Crippen molar-refractivity contribution >= 4 is 16.7 Å². The normalized spacial score (nSPS) is 24.4. The number of rotatable bonds is 8. The molecule has 0 amide bonds. The van der Waals surface area contributed by atoms with Crippen LogP contribution >= 0.6 is 0 Å². The van der Waals surface area contributed by atoms with Crippen molar-refractivity contribution in [1.82, 2.24) is 5.32 Å². The van der Waals surface area contributed by atoms with Crippen molar-refractivity contribution in [2.24, 2.45) is 5.73 Å². The van der Waals surface area contributed by atoms with Gasteiger partial charge < -0.3 is 11.1 Å². The lowest BCUT2D eigenvalue weighted by Gasteiger charge is -2.31. The van der Waals surface area contributed by atoms with E-state index in [2.05, 4.69) is 195 Å². The third-order valence-corrected chi connectivity index (χ3v) is 11.7. The van der Waals surface area contributed by atoms with Crippen LogP contribution in [0.4, 0.5) is 0 Å². The fourth-order valence-electron chi connectivity index (χ4n) is 8.41. The zero-order valence-electron chi connectivity index (χ0n) is 36.0. The summed E-state index contributed by atoms with van der Waals surface area (Å²) in [5.41, 5.74) is 28.2. The van der Waals surface area contributed by atoms with E-state index < -0.39 is 0 Å². The number of hydrogen-bond acceptors (Lipinski definition) is 2. The molecule has 1 heterocycles. The van der Waals surface area contributed by atoms with E-state index in [-0.39, 0.29) is 0 Å². The maximum Gasteiger partial charge on any atom is 0.0390 e. The average molecular weight is 763 g/mol. The van der Waals surface area contributed by atoms with Crippen LogP contribution in [-0.2, 0) is 0 Å². The van der Waals surface area contributed by atoms with Gasteiger partial charge in [0.2, 0.25) is 0 Å². The Morgan fingerprint density at radius 3 is 2.28 bits per heavy atom. The van der Waals surface area contributed by atoms with Crippen LogP contribution in [-0.4, -0.2) is 0 Å². The third kappa shape index (κ3) is 9.19. The highest BCUT2D eigenvalue weighted by Crippen LogP contribution is 2.45. The van der Waals surface area contributed by atoms with Crippen molar-refractivity contribution in [2.75, 3.05) is 0 Å². The minimum atomic E-state index is 0.380. The van der Waals surface area contributed by atoms with Crippen LogP contribution in [0.3, 0.4) is 0 Å². The highest BCUT2D eigenvalue weighted by Gasteiger charge is 2.27. The third-order valence-electron chi connectivity index (χ3n) is 11.7. The van der Waals surface area contributed by atoms with E-state index in [1.54, 1.807) is 0 Å². The molecule has 3 aromatic rings. The Hall–Kier alpha value is -6.12. The number of benzene rings is 3. The van der Waals surface area contributed by atoms with Crippen LogP contribution < -0.4 is 11.1 Å². The topological polar surface area (TPSA) is 38.0 Å². The molecule has 3 aromatic carbocycles. The van der Waals surface area contributed by atoms with E-state index in [0.717, 1.165) is 52.0 Å². The molecule has 2 heteroatoms. The molecule has 0 aromatic heterocycles. The van der Waals surface area contributed by atoms with Crippen LogP contribution in [0.2, 0.25) is 0 Å². The van der Waals surface area contributed by atoms with E-state index in [1.165, 1.54) is 55.7 Å². The molecule has 296 valence electrons. The second-order valence-corrected chi connectivity index (χ2v) is 15.3.